The van der Waals surface area contributed by atoms with Crippen LogP contribution in [0, 0.1) is 11.8 Å². The van der Waals surface area contributed by atoms with Gasteiger partial charge >= 0.3 is 5.97 Å². The summed E-state index contributed by atoms with van der Waals surface area (Å²) in [5.41, 5.74) is 5.97. The molecule has 5 nitrogen and oxygen atoms in total. The zero-order valence-corrected chi connectivity index (χ0v) is 12.0. The summed E-state index contributed by atoms with van der Waals surface area (Å²) < 4.78 is 0. The smallest absolute Gasteiger partial charge is 0.303 e. The second kappa shape index (κ2) is 7.48. The summed E-state index contributed by atoms with van der Waals surface area (Å²) >= 11 is 0. The minimum absolute atomic E-state index is 0.0473. The highest BCUT2D eigenvalue weighted by Crippen LogP contribution is 2.23. The molecule has 1 aliphatic heterocycles. The molecule has 0 aliphatic carbocycles. The van der Waals surface area contributed by atoms with Gasteiger partial charge in [-0.1, -0.05) is 20.3 Å². The number of rotatable bonds is 6. The van der Waals surface area contributed by atoms with Crippen molar-refractivity contribution in [1.82, 2.24) is 4.90 Å². The van der Waals surface area contributed by atoms with Crippen LogP contribution in [0.3, 0.4) is 0 Å². The third-order valence-corrected chi connectivity index (χ3v) is 4.23. The molecule has 110 valence electrons. The second-order valence-electron chi connectivity index (χ2n) is 5.61. The molecule has 1 heterocycles. The SMILES string of the molecule is CCC(C)C(N)C(=O)N1CCC(CCC(=O)O)CC1. The van der Waals surface area contributed by atoms with Crippen molar-refractivity contribution in [1.29, 1.82) is 0 Å². The van der Waals surface area contributed by atoms with Gasteiger partial charge in [-0.15, -0.1) is 0 Å². The van der Waals surface area contributed by atoms with E-state index in [0.29, 0.717) is 19.0 Å². The fourth-order valence-electron chi connectivity index (χ4n) is 2.48. The number of aliphatic carboxylic acids is 1. The fraction of sp³-hybridized carbons (Fsp3) is 0.857. The number of nitrogens with zero attached hydrogens (tertiary/aromatic N) is 1. The van der Waals surface area contributed by atoms with Crippen molar-refractivity contribution in [2.45, 2.75) is 52.0 Å². The summed E-state index contributed by atoms with van der Waals surface area (Å²) in [5, 5.41) is 8.66. The van der Waals surface area contributed by atoms with Crippen molar-refractivity contribution in [2.75, 3.05) is 13.1 Å². The molecular formula is C14H26N2O3. The van der Waals surface area contributed by atoms with Gasteiger partial charge in [-0.25, -0.2) is 0 Å². The van der Waals surface area contributed by atoms with Crippen LogP contribution < -0.4 is 5.73 Å². The molecule has 0 aromatic rings. The van der Waals surface area contributed by atoms with Crippen LogP contribution in [0.2, 0.25) is 0 Å². The molecule has 0 aromatic carbocycles. The molecule has 0 saturated carbocycles. The molecule has 0 radical (unpaired) electrons. The molecule has 0 aromatic heterocycles. The third-order valence-electron chi connectivity index (χ3n) is 4.23. The standard InChI is InChI=1S/C14H26N2O3/c1-3-10(2)13(15)14(19)16-8-6-11(7-9-16)4-5-12(17)18/h10-11,13H,3-9,15H2,1-2H3,(H,17,18). The van der Waals surface area contributed by atoms with Gasteiger partial charge in [0.25, 0.3) is 0 Å². The van der Waals surface area contributed by atoms with E-state index in [2.05, 4.69) is 0 Å². The number of hydrogen-bond acceptors (Lipinski definition) is 3. The zero-order chi connectivity index (χ0) is 14.4. The lowest BCUT2D eigenvalue weighted by Gasteiger charge is -2.34. The molecule has 1 amide bonds. The number of piperidine rings is 1. The zero-order valence-electron chi connectivity index (χ0n) is 12.0. The largest absolute Gasteiger partial charge is 0.481 e. The van der Waals surface area contributed by atoms with Gasteiger partial charge in [-0.05, 0) is 31.1 Å². The number of carboxylic acid groups (broad SMARTS) is 1. The Hall–Kier alpha value is -1.10. The molecular weight excluding hydrogens is 244 g/mol. The van der Waals surface area contributed by atoms with Gasteiger partial charge in [0.15, 0.2) is 0 Å². The Bertz CT molecular complexity index is 312. The van der Waals surface area contributed by atoms with Crippen molar-refractivity contribution in [3.63, 3.8) is 0 Å². The quantitative estimate of drug-likeness (QED) is 0.765. The van der Waals surface area contributed by atoms with Crippen LogP contribution in [0.5, 0.6) is 0 Å². The maximum Gasteiger partial charge on any atom is 0.303 e. The molecule has 3 N–H and O–H groups in total. The minimum Gasteiger partial charge on any atom is -0.481 e. The topological polar surface area (TPSA) is 83.6 Å². The molecule has 1 rings (SSSR count). The predicted molar refractivity (Wildman–Crippen MR) is 73.6 cm³/mol. The van der Waals surface area contributed by atoms with E-state index in [-0.39, 0.29) is 18.2 Å². The summed E-state index contributed by atoms with van der Waals surface area (Å²) in [6, 6.07) is -0.402. The molecule has 1 aliphatic rings. The Kier molecular flexibility index (Phi) is 6.28. The lowest BCUT2D eigenvalue weighted by molar-refractivity contribution is -0.138. The number of carbonyl (C=O) groups is 2. The first-order chi connectivity index (χ1) is 8.95. The van der Waals surface area contributed by atoms with Crippen molar-refractivity contribution in [3.05, 3.63) is 0 Å². The number of carboxylic acids is 1. The van der Waals surface area contributed by atoms with E-state index in [9.17, 15) is 9.59 Å². The van der Waals surface area contributed by atoms with Gasteiger partial charge in [-0.3, -0.25) is 9.59 Å². The first-order valence-electron chi connectivity index (χ1n) is 7.21. The highest BCUT2D eigenvalue weighted by Gasteiger charge is 2.28. The Balaban J connectivity index is 2.36. The van der Waals surface area contributed by atoms with Crippen LogP contribution in [-0.2, 0) is 9.59 Å². The summed E-state index contributed by atoms with van der Waals surface area (Å²) in [6.45, 7) is 5.47. The van der Waals surface area contributed by atoms with Gasteiger partial charge in [-0.2, -0.15) is 0 Å². The van der Waals surface area contributed by atoms with Gasteiger partial charge in [0, 0.05) is 19.5 Å². The molecule has 0 bridgehead atoms. The Morgan fingerprint density at radius 3 is 2.42 bits per heavy atom. The maximum absolute atomic E-state index is 12.2. The molecule has 0 spiro atoms. The molecule has 5 heteroatoms. The first-order valence-corrected chi connectivity index (χ1v) is 7.21. The average molecular weight is 270 g/mol. The highest BCUT2D eigenvalue weighted by atomic mass is 16.4. The molecule has 2 atom stereocenters. The second-order valence-corrected chi connectivity index (χ2v) is 5.61. The van der Waals surface area contributed by atoms with E-state index in [4.69, 9.17) is 10.8 Å². The van der Waals surface area contributed by atoms with Gasteiger partial charge in [0.05, 0.1) is 6.04 Å². The monoisotopic (exact) mass is 270 g/mol. The van der Waals surface area contributed by atoms with E-state index in [1.807, 2.05) is 18.7 Å². The molecule has 1 fully saturated rings. The third kappa shape index (κ3) is 4.82. The number of nitrogens with two attached hydrogens (primary N) is 1. The van der Waals surface area contributed by atoms with E-state index in [1.54, 1.807) is 0 Å². The number of likely N-dealkylation sites (tertiary alicyclic amines) is 1. The molecule has 19 heavy (non-hydrogen) atoms. The molecule has 1 saturated heterocycles. The maximum atomic E-state index is 12.2. The number of hydrogen-bond donors (Lipinski definition) is 2. The first kappa shape index (κ1) is 16.0. The minimum atomic E-state index is -0.739. The summed E-state index contributed by atoms with van der Waals surface area (Å²) in [7, 11) is 0. The van der Waals surface area contributed by atoms with Crippen LogP contribution in [0.4, 0.5) is 0 Å². The fourth-order valence-corrected chi connectivity index (χ4v) is 2.48. The lowest BCUT2D eigenvalue weighted by Crippen LogP contribution is -2.49. The van der Waals surface area contributed by atoms with E-state index >= 15 is 0 Å². The highest BCUT2D eigenvalue weighted by molar-refractivity contribution is 5.82. The summed E-state index contributed by atoms with van der Waals surface area (Å²) in [4.78, 5) is 24.6. The predicted octanol–water partition coefficient (Wildman–Crippen LogP) is 1.46. The van der Waals surface area contributed by atoms with Crippen LogP contribution in [0.15, 0.2) is 0 Å². The lowest BCUT2D eigenvalue weighted by atomic mass is 9.91. The van der Waals surface area contributed by atoms with Gasteiger partial charge < -0.3 is 15.7 Å². The van der Waals surface area contributed by atoms with Crippen molar-refractivity contribution < 1.29 is 14.7 Å². The van der Waals surface area contributed by atoms with Crippen LogP contribution in [0.1, 0.15) is 46.0 Å². The van der Waals surface area contributed by atoms with E-state index in [1.165, 1.54) is 0 Å². The van der Waals surface area contributed by atoms with E-state index in [0.717, 1.165) is 25.7 Å². The van der Waals surface area contributed by atoms with Crippen molar-refractivity contribution in [3.8, 4) is 0 Å². The summed E-state index contributed by atoms with van der Waals surface area (Å²) in [5.74, 6) is -0.0551. The number of carbonyl (C=O) groups excluding carboxylic acids is 1. The van der Waals surface area contributed by atoms with Gasteiger partial charge in [0.2, 0.25) is 5.91 Å². The van der Waals surface area contributed by atoms with Crippen LogP contribution in [-0.4, -0.2) is 41.0 Å². The summed E-state index contributed by atoms with van der Waals surface area (Å²) in [6.07, 6.45) is 3.64. The molecule has 2 unspecified atom stereocenters. The average Bonchev–Trinajstić information content (AvgIpc) is 2.43. The van der Waals surface area contributed by atoms with Gasteiger partial charge in [0.1, 0.15) is 0 Å². The normalized spacial score (nSPS) is 20.1. The number of amides is 1. The van der Waals surface area contributed by atoms with Crippen molar-refractivity contribution >= 4 is 11.9 Å². The van der Waals surface area contributed by atoms with Crippen LogP contribution >= 0.6 is 0 Å². The van der Waals surface area contributed by atoms with Crippen LogP contribution in [0.25, 0.3) is 0 Å². The van der Waals surface area contributed by atoms with E-state index < -0.39 is 12.0 Å². The Morgan fingerprint density at radius 1 is 1.37 bits per heavy atom. The Morgan fingerprint density at radius 2 is 1.95 bits per heavy atom. The van der Waals surface area contributed by atoms with Crippen molar-refractivity contribution in [2.24, 2.45) is 17.6 Å². The Labute approximate surface area is 115 Å².